The van der Waals surface area contributed by atoms with Gasteiger partial charge >= 0.3 is 5.97 Å². The van der Waals surface area contributed by atoms with Crippen molar-refractivity contribution in [3.63, 3.8) is 0 Å². The zero-order valence-corrected chi connectivity index (χ0v) is 12.4. The molecule has 1 heterocycles. The summed E-state index contributed by atoms with van der Waals surface area (Å²) < 4.78 is 0. The predicted octanol–water partition coefficient (Wildman–Crippen LogP) is 4.06. The van der Waals surface area contributed by atoms with E-state index in [1.54, 1.807) is 12.1 Å². The first-order valence-electron chi connectivity index (χ1n) is 7.02. The van der Waals surface area contributed by atoms with Crippen molar-refractivity contribution in [1.82, 2.24) is 0 Å². The van der Waals surface area contributed by atoms with Gasteiger partial charge in [0.15, 0.2) is 0 Å². The molecule has 1 atom stereocenters. The van der Waals surface area contributed by atoms with Crippen molar-refractivity contribution in [2.24, 2.45) is 5.92 Å². The first-order valence-corrected chi connectivity index (χ1v) is 7.40. The second-order valence-corrected chi connectivity index (χ2v) is 5.77. The average Bonchev–Trinajstić information content (AvgIpc) is 2.62. The number of rotatable bonds is 3. The number of anilines is 1. The van der Waals surface area contributed by atoms with Gasteiger partial charge in [0.25, 0.3) is 0 Å². The molecule has 0 bridgehead atoms. The third kappa shape index (κ3) is 3.76. The second kappa shape index (κ2) is 6.80. The minimum absolute atomic E-state index is 0.595. The number of hydrogen-bond acceptors (Lipinski definition) is 2. The maximum atomic E-state index is 10.7. The van der Waals surface area contributed by atoms with Crippen molar-refractivity contribution in [3.8, 4) is 0 Å². The zero-order chi connectivity index (χ0) is 14.5. The Morgan fingerprint density at radius 3 is 2.95 bits per heavy atom. The van der Waals surface area contributed by atoms with Crippen molar-refractivity contribution < 1.29 is 9.90 Å². The fourth-order valence-corrected chi connectivity index (χ4v) is 2.86. The molecule has 1 aromatic carbocycles. The van der Waals surface area contributed by atoms with Crippen LogP contribution >= 0.6 is 11.6 Å². The number of carboxylic acid groups (broad SMARTS) is 1. The van der Waals surface area contributed by atoms with Gasteiger partial charge in [0.2, 0.25) is 0 Å². The van der Waals surface area contributed by atoms with Crippen LogP contribution in [0.5, 0.6) is 0 Å². The Morgan fingerprint density at radius 2 is 2.20 bits per heavy atom. The van der Waals surface area contributed by atoms with Crippen LogP contribution in [0.3, 0.4) is 0 Å². The van der Waals surface area contributed by atoms with Crippen molar-refractivity contribution in [2.45, 2.75) is 26.2 Å². The highest BCUT2D eigenvalue weighted by Gasteiger charge is 2.17. The summed E-state index contributed by atoms with van der Waals surface area (Å²) in [6.07, 6.45) is 6.31. The van der Waals surface area contributed by atoms with Crippen molar-refractivity contribution in [3.05, 3.63) is 34.9 Å². The minimum Gasteiger partial charge on any atom is -0.478 e. The zero-order valence-electron chi connectivity index (χ0n) is 11.7. The summed E-state index contributed by atoms with van der Waals surface area (Å²) >= 11 is 6.23. The second-order valence-electron chi connectivity index (χ2n) is 5.37. The third-order valence-electron chi connectivity index (χ3n) is 3.78. The molecule has 0 aromatic heterocycles. The lowest BCUT2D eigenvalue weighted by Gasteiger charge is -2.25. The first kappa shape index (κ1) is 14.9. The summed E-state index contributed by atoms with van der Waals surface area (Å²) in [6, 6.07) is 5.74. The largest absolute Gasteiger partial charge is 0.478 e. The molecule has 3 nitrogen and oxygen atoms in total. The van der Waals surface area contributed by atoms with Gasteiger partial charge in [-0.05, 0) is 43.4 Å². The summed E-state index contributed by atoms with van der Waals surface area (Å²) in [5.74, 6) is -0.211. The molecule has 1 saturated heterocycles. The molecule has 1 fully saturated rings. The fraction of sp³-hybridized carbons (Fsp3) is 0.438. The quantitative estimate of drug-likeness (QED) is 0.854. The minimum atomic E-state index is -0.958. The molecule has 108 valence electrons. The highest BCUT2D eigenvalue weighted by Crippen LogP contribution is 2.31. The summed E-state index contributed by atoms with van der Waals surface area (Å²) in [7, 11) is 0. The van der Waals surface area contributed by atoms with Crippen molar-refractivity contribution >= 4 is 29.3 Å². The monoisotopic (exact) mass is 293 g/mol. The summed E-state index contributed by atoms with van der Waals surface area (Å²) in [4.78, 5) is 13.0. The summed E-state index contributed by atoms with van der Waals surface area (Å²) in [5, 5.41) is 9.40. The van der Waals surface area contributed by atoms with E-state index >= 15 is 0 Å². The highest BCUT2D eigenvalue weighted by atomic mass is 35.5. The molecule has 1 unspecified atom stereocenters. The van der Waals surface area contributed by atoms with Crippen LogP contribution in [0.15, 0.2) is 24.3 Å². The number of benzene rings is 1. The number of hydrogen-bond donors (Lipinski definition) is 1. The van der Waals surface area contributed by atoms with Crippen LogP contribution in [0.1, 0.15) is 31.7 Å². The van der Waals surface area contributed by atoms with Crippen LogP contribution in [-0.4, -0.2) is 24.2 Å². The highest BCUT2D eigenvalue weighted by molar-refractivity contribution is 6.32. The predicted molar refractivity (Wildman–Crippen MR) is 83.3 cm³/mol. The third-order valence-corrected chi connectivity index (χ3v) is 4.11. The fourth-order valence-electron chi connectivity index (χ4n) is 2.62. The molecule has 0 amide bonds. The van der Waals surface area contributed by atoms with Gasteiger partial charge in [0, 0.05) is 35.4 Å². The molecule has 20 heavy (non-hydrogen) atoms. The smallest absolute Gasteiger partial charge is 0.328 e. The summed E-state index contributed by atoms with van der Waals surface area (Å²) in [5.41, 5.74) is 1.83. The van der Waals surface area contributed by atoms with E-state index in [4.69, 9.17) is 16.7 Å². The topological polar surface area (TPSA) is 40.5 Å². The van der Waals surface area contributed by atoms with Gasteiger partial charge in [-0.3, -0.25) is 0 Å². The molecular formula is C16H20ClNO2. The van der Waals surface area contributed by atoms with E-state index in [2.05, 4.69) is 11.8 Å². The van der Waals surface area contributed by atoms with Gasteiger partial charge in [-0.25, -0.2) is 4.79 Å². The van der Waals surface area contributed by atoms with Gasteiger partial charge in [-0.2, -0.15) is 0 Å². The van der Waals surface area contributed by atoms with Crippen LogP contribution in [0.25, 0.3) is 6.08 Å². The lowest BCUT2D eigenvalue weighted by molar-refractivity contribution is -0.131. The van der Waals surface area contributed by atoms with Crippen LogP contribution in [0, 0.1) is 5.92 Å². The van der Waals surface area contributed by atoms with E-state index < -0.39 is 5.97 Å². The molecule has 4 heteroatoms. The van der Waals surface area contributed by atoms with E-state index in [9.17, 15) is 4.79 Å². The molecule has 1 aromatic rings. The van der Waals surface area contributed by atoms with Crippen molar-refractivity contribution in [2.75, 3.05) is 18.0 Å². The van der Waals surface area contributed by atoms with Crippen LogP contribution in [-0.2, 0) is 4.79 Å². The molecule has 1 N–H and O–H groups in total. The van der Waals surface area contributed by atoms with Gasteiger partial charge in [-0.1, -0.05) is 24.6 Å². The molecule has 1 aliphatic rings. The molecule has 0 aliphatic carbocycles. The first-order chi connectivity index (χ1) is 9.58. The average molecular weight is 294 g/mol. The van der Waals surface area contributed by atoms with E-state index in [1.165, 1.54) is 6.42 Å². The van der Waals surface area contributed by atoms with Gasteiger partial charge in [0.05, 0.1) is 0 Å². The maximum absolute atomic E-state index is 10.7. The molecule has 0 radical (unpaired) electrons. The normalized spacial score (nSPS) is 20.1. The Bertz CT molecular complexity index is 513. The van der Waals surface area contributed by atoms with E-state index in [0.717, 1.165) is 49.2 Å². The Hall–Kier alpha value is -1.48. The number of halogens is 1. The molecule has 0 spiro atoms. The van der Waals surface area contributed by atoms with Gasteiger partial charge in [-0.15, -0.1) is 0 Å². The number of carboxylic acids is 1. The Labute approximate surface area is 124 Å². The SMILES string of the molecule is CC1CCCN(c2cccc(Cl)c2C=CC(=O)O)CC1. The molecule has 0 saturated carbocycles. The Balaban J connectivity index is 2.30. The molecular weight excluding hydrogens is 274 g/mol. The Kier molecular flexibility index (Phi) is 5.07. The molecule has 1 aliphatic heterocycles. The van der Waals surface area contributed by atoms with E-state index in [0.29, 0.717) is 5.02 Å². The van der Waals surface area contributed by atoms with Gasteiger partial charge < -0.3 is 10.0 Å². The summed E-state index contributed by atoms with van der Waals surface area (Å²) in [6.45, 7) is 4.28. The number of aliphatic carboxylic acids is 1. The standard InChI is InChI=1S/C16H20ClNO2/c1-12-4-3-10-18(11-9-12)15-6-2-5-14(17)13(15)7-8-16(19)20/h2,5-8,12H,3-4,9-11H2,1H3,(H,19,20). The molecule has 2 rings (SSSR count). The van der Waals surface area contributed by atoms with E-state index in [-0.39, 0.29) is 0 Å². The van der Waals surface area contributed by atoms with Gasteiger partial charge in [0.1, 0.15) is 0 Å². The number of carbonyl (C=O) groups is 1. The number of nitrogens with zero attached hydrogens (tertiary/aromatic N) is 1. The van der Waals surface area contributed by atoms with Crippen LogP contribution in [0.2, 0.25) is 5.02 Å². The maximum Gasteiger partial charge on any atom is 0.328 e. The van der Waals surface area contributed by atoms with Crippen LogP contribution < -0.4 is 4.90 Å². The van der Waals surface area contributed by atoms with Crippen LogP contribution in [0.4, 0.5) is 5.69 Å². The van der Waals surface area contributed by atoms with Crippen molar-refractivity contribution in [1.29, 1.82) is 0 Å². The van der Waals surface area contributed by atoms with E-state index in [1.807, 2.05) is 12.1 Å². The lowest BCUT2D eigenvalue weighted by atomic mass is 10.0. The lowest BCUT2D eigenvalue weighted by Crippen LogP contribution is -2.25. The Morgan fingerprint density at radius 1 is 1.40 bits per heavy atom.